The van der Waals surface area contributed by atoms with Gasteiger partial charge in [0.2, 0.25) is 5.75 Å². The van der Waals surface area contributed by atoms with Crippen molar-refractivity contribution in [1.82, 2.24) is 0 Å². The fourth-order valence-corrected chi connectivity index (χ4v) is 0. The molecule has 7 heteroatoms. The summed E-state index contributed by atoms with van der Waals surface area (Å²) in [6.45, 7) is 0. The van der Waals surface area contributed by atoms with E-state index < -0.39 is 25.7 Å². The quantitative estimate of drug-likeness (QED) is 0.326. The number of carbonyl (C=O) groups is 1. The van der Waals surface area contributed by atoms with Gasteiger partial charge in [-0.3, -0.25) is 4.79 Å². The van der Waals surface area contributed by atoms with Gasteiger partial charge in [-0.05, 0) is 11.6 Å². The Labute approximate surface area is 70.5 Å². The first-order chi connectivity index (χ1) is 4.36. The van der Waals surface area contributed by atoms with Crippen LogP contribution in [0.2, 0.25) is 9.88 Å². The van der Waals surface area contributed by atoms with Crippen LogP contribution < -0.4 is 0 Å². The van der Waals surface area contributed by atoms with E-state index in [9.17, 15) is 8.42 Å². The van der Waals surface area contributed by atoms with Crippen LogP contribution in [0.3, 0.4) is 0 Å². The van der Waals surface area contributed by atoms with E-state index in [4.69, 9.17) is 9.35 Å². The third-order valence-corrected chi connectivity index (χ3v) is 12.0. The molecule has 1 N–H and O–H groups in total. The maximum absolute atomic E-state index is 9.98. The SMILES string of the molecule is O=CCl.[CH3][SnH]([CH3])[S](=O)(=O)O. The average Bonchev–Trinajstić information content (AvgIpc) is 1.64. The van der Waals surface area contributed by atoms with Gasteiger partial charge in [0.05, 0.1) is 0 Å². The minimum absolute atomic E-state index is 0.222. The first-order valence-electron chi connectivity index (χ1n) is 2.36. The summed E-state index contributed by atoms with van der Waals surface area (Å²) in [5, 5.41) is 0. The third kappa shape index (κ3) is 11.5. The molecule has 0 spiro atoms. The van der Waals surface area contributed by atoms with Crippen LogP contribution in [0, 0.1) is 0 Å². The van der Waals surface area contributed by atoms with Crippen molar-refractivity contribution in [3.63, 3.8) is 0 Å². The van der Waals surface area contributed by atoms with Crippen molar-refractivity contribution in [3.8, 4) is 0 Å². The molecule has 0 aliphatic carbocycles. The van der Waals surface area contributed by atoms with E-state index in [2.05, 4.69) is 11.6 Å². The molecule has 0 saturated carbocycles. The molecule has 10 heavy (non-hydrogen) atoms. The zero-order chi connectivity index (χ0) is 8.78. The Hall–Kier alpha value is 0.669. The van der Waals surface area contributed by atoms with Gasteiger partial charge in [0.1, 0.15) is 0 Å². The zero-order valence-corrected chi connectivity index (χ0v) is 10.5. The molecular formula is C3H9ClO4SSn. The Morgan fingerprint density at radius 1 is 1.50 bits per heavy atom. The van der Waals surface area contributed by atoms with E-state index in [0.29, 0.717) is 0 Å². The summed E-state index contributed by atoms with van der Waals surface area (Å²) in [7, 11) is -3.53. The van der Waals surface area contributed by atoms with Gasteiger partial charge in [0, 0.05) is 0 Å². The molecular weight excluding hydrogens is 286 g/mol. The van der Waals surface area contributed by atoms with Gasteiger partial charge >= 0.3 is 48.5 Å². The third-order valence-electron chi connectivity index (χ3n) is 0.596. The van der Waals surface area contributed by atoms with Gasteiger partial charge in [-0.1, -0.05) is 0 Å². The molecule has 0 aromatic carbocycles. The van der Waals surface area contributed by atoms with E-state index in [-0.39, 0.29) is 5.75 Å². The summed E-state index contributed by atoms with van der Waals surface area (Å²) in [6.07, 6.45) is 0. The molecule has 0 aliphatic rings. The monoisotopic (exact) mass is 296 g/mol. The summed E-state index contributed by atoms with van der Waals surface area (Å²) in [6, 6.07) is 0. The van der Waals surface area contributed by atoms with Crippen LogP contribution in [0.1, 0.15) is 0 Å². The average molecular weight is 295 g/mol. The summed E-state index contributed by atoms with van der Waals surface area (Å²) < 4.78 is 28.1. The molecule has 62 valence electrons. The second-order valence-corrected chi connectivity index (χ2v) is 20.3. The number of hydrogen-bond acceptors (Lipinski definition) is 3. The van der Waals surface area contributed by atoms with E-state index in [1.165, 1.54) is 0 Å². The molecule has 4 nitrogen and oxygen atoms in total. The molecule has 0 atom stereocenters. The second-order valence-electron chi connectivity index (χ2n) is 1.65. The minimum atomic E-state index is -3.53. The molecule has 0 rings (SSSR count). The van der Waals surface area contributed by atoms with Crippen molar-refractivity contribution in [2.24, 2.45) is 0 Å². The summed E-state index contributed by atoms with van der Waals surface area (Å²) in [5.41, 5.74) is 0. The van der Waals surface area contributed by atoms with Crippen molar-refractivity contribution in [2.75, 3.05) is 0 Å². The van der Waals surface area contributed by atoms with Crippen LogP contribution in [0.25, 0.3) is 0 Å². The Bertz CT molecular complexity index is 175. The molecule has 0 unspecified atom stereocenters. The normalized spacial score (nSPS) is 10.1. The fourth-order valence-electron chi connectivity index (χ4n) is 0. The zero-order valence-electron chi connectivity index (χ0n) is 5.61. The van der Waals surface area contributed by atoms with Crippen molar-refractivity contribution < 1.29 is 17.8 Å². The predicted molar refractivity (Wildman–Crippen MR) is 43.0 cm³/mol. The molecule has 0 bridgehead atoms. The number of carbonyl (C=O) groups excluding carboxylic acids is 1. The molecule has 0 aromatic heterocycles. The van der Waals surface area contributed by atoms with Crippen LogP contribution in [0.15, 0.2) is 0 Å². The van der Waals surface area contributed by atoms with Crippen molar-refractivity contribution in [1.29, 1.82) is 0 Å². The Kier molecular flexibility index (Phi) is 8.47. The number of halogens is 1. The first-order valence-corrected chi connectivity index (χ1v) is 14.9. The van der Waals surface area contributed by atoms with Crippen molar-refractivity contribution >= 4 is 43.0 Å². The van der Waals surface area contributed by atoms with Crippen LogP contribution in [-0.4, -0.2) is 37.1 Å². The van der Waals surface area contributed by atoms with Gasteiger partial charge < -0.3 is 0 Å². The standard InChI is InChI=1S/CHClO.2CH3.HO3S.Sn.H/c2-1-3;;;1-4(2)3;;/h1H;2*1H3;(H,1,2,3);;. The van der Waals surface area contributed by atoms with Crippen LogP contribution in [0.5, 0.6) is 0 Å². The van der Waals surface area contributed by atoms with Crippen LogP contribution in [-0.2, 0) is 12.1 Å². The Morgan fingerprint density at radius 3 is 1.60 bits per heavy atom. The van der Waals surface area contributed by atoms with Crippen LogP contribution in [0.4, 0.5) is 0 Å². The van der Waals surface area contributed by atoms with Gasteiger partial charge in [-0.15, -0.1) is 0 Å². The summed E-state index contributed by atoms with van der Waals surface area (Å²) >= 11 is 1.89. The van der Waals surface area contributed by atoms with E-state index >= 15 is 0 Å². The van der Waals surface area contributed by atoms with Gasteiger partial charge in [-0.2, -0.15) is 0 Å². The summed E-state index contributed by atoms with van der Waals surface area (Å²) in [4.78, 5) is 11.8. The first kappa shape index (κ1) is 13.3. The molecule has 0 aliphatic heterocycles. The summed E-state index contributed by atoms with van der Waals surface area (Å²) in [5.74, 6) is 0.222. The fraction of sp³-hybridized carbons (Fsp3) is 0.667. The van der Waals surface area contributed by atoms with E-state index in [1.807, 2.05) is 0 Å². The van der Waals surface area contributed by atoms with Gasteiger partial charge in [-0.25, -0.2) is 0 Å². The van der Waals surface area contributed by atoms with Crippen molar-refractivity contribution in [3.05, 3.63) is 0 Å². The molecule has 0 heterocycles. The van der Waals surface area contributed by atoms with Gasteiger partial charge in [0.25, 0.3) is 0 Å². The van der Waals surface area contributed by atoms with Crippen molar-refractivity contribution in [2.45, 2.75) is 9.88 Å². The Morgan fingerprint density at radius 2 is 1.60 bits per heavy atom. The Balaban J connectivity index is 0. The number of rotatable bonds is 1. The predicted octanol–water partition coefficient (Wildman–Crippen LogP) is 0.273. The topological polar surface area (TPSA) is 71.4 Å². The molecule has 0 fully saturated rings. The number of hydrogen-bond donors (Lipinski definition) is 1. The van der Waals surface area contributed by atoms with E-state index in [1.54, 1.807) is 9.88 Å². The second kappa shape index (κ2) is 6.38. The van der Waals surface area contributed by atoms with Crippen LogP contribution >= 0.6 is 11.6 Å². The van der Waals surface area contributed by atoms with E-state index in [0.717, 1.165) is 0 Å². The molecule has 0 amide bonds. The molecule has 0 saturated heterocycles. The molecule has 0 radical (unpaired) electrons. The van der Waals surface area contributed by atoms with Gasteiger partial charge in [0.15, 0.2) is 0 Å². The maximum atomic E-state index is 9.98. The molecule has 0 aromatic rings.